The van der Waals surface area contributed by atoms with E-state index in [1.807, 2.05) is 0 Å². The predicted molar refractivity (Wildman–Crippen MR) is 115 cm³/mol. The van der Waals surface area contributed by atoms with E-state index in [1.54, 1.807) is 0 Å². The second-order valence-electron chi connectivity index (χ2n) is 7.24. The third-order valence-corrected chi connectivity index (χ3v) is 6.71. The molecule has 0 amide bonds. The predicted octanol–water partition coefficient (Wildman–Crippen LogP) is 5.57. The van der Waals surface area contributed by atoms with Crippen LogP contribution in [0.15, 0.2) is 42.5 Å². The van der Waals surface area contributed by atoms with Gasteiger partial charge in [0.2, 0.25) is 0 Å². The Balaban J connectivity index is 1.70. The average molecular weight is 372 g/mol. The molecule has 0 spiro atoms. The summed E-state index contributed by atoms with van der Waals surface area (Å²) in [4.78, 5) is 2.51. The van der Waals surface area contributed by atoms with Gasteiger partial charge in [-0.3, -0.25) is 0 Å². The number of fused-ring (bicyclic) bond motifs is 1. The molecule has 0 saturated carbocycles. The minimum atomic E-state index is 0.447. The summed E-state index contributed by atoms with van der Waals surface area (Å²) in [6, 6.07) is 15.6. The summed E-state index contributed by atoms with van der Waals surface area (Å²) < 4.78 is 5.98. The van der Waals surface area contributed by atoms with E-state index < -0.39 is 0 Å². The SMILES string of the molecule is CCN(CC)CCSCC(CC1CCCO1)c1cccc2ccccc12. The number of hydrogen-bond acceptors (Lipinski definition) is 3. The molecule has 0 aromatic heterocycles. The highest BCUT2D eigenvalue weighted by Crippen LogP contribution is 2.34. The van der Waals surface area contributed by atoms with Crippen molar-refractivity contribution in [2.45, 2.75) is 45.1 Å². The molecule has 0 aliphatic carbocycles. The third kappa shape index (κ3) is 5.25. The van der Waals surface area contributed by atoms with Gasteiger partial charge in [0.15, 0.2) is 0 Å². The van der Waals surface area contributed by atoms with E-state index in [0.717, 1.165) is 26.1 Å². The van der Waals surface area contributed by atoms with Gasteiger partial charge in [0.25, 0.3) is 0 Å². The minimum absolute atomic E-state index is 0.447. The molecule has 2 nitrogen and oxygen atoms in total. The maximum Gasteiger partial charge on any atom is 0.0582 e. The van der Waals surface area contributed by atoms with Gasteiger partial charge in [0.05, 0.1) is 6.10 Å². The fraction of sp³-hybridized carbons (Fsp3) is 0.565. The lowest BCUT2D eigenvalue weighted by Crippen LogP contribution is -2.25. The molecule has 1 aliphatic rings. The van der Waals surface area contributed by atoms with E-state index in [4.69, 9.17) is 4.74 Å². The molecule has 2 aromatic carbocycles. The van der Waals surface area contributed by atoms with Gasteiger partial charge < -0.3 is 9.64 Å². The lowest BCUT2D eigenvalue weighted by atomic mass is 9.90. The van der Waals surface area contributed by atoms with Crippen LogP contribution in [0.2, 0.25) is 0 Å². The number of rotatable bonds is 10. The van der Waals surface area contributed by atoms with Gasteiger partial charge in [-0.2, -0.15) is 11.8 Å². The van der Waals surface area contributed by atoms with Gasteiger partial charge in [0.1, 0.15) is 0 Å². The van der Waals surface area contributed by atoms with Gasteiger partial charge in [-0.25, -0.2) is 0 Å². The van der Waals surface area contributed by atoms with E-state index in [9.17, 15) is 0 Å². The molecule has 0 bridgehead atoms. The molecule has 1 fully saturated rings. The van der Waals surface area contributed by atoms with Crippen LogP contribution >= 0.6 is 11.8 Å². The molecule has 142 valence electrons. The summed E-state index contributed by atoms with van der Waals surface area (Å²) in [5.74, 6) is 2.98. The summed E-state index contributed by atoms with van der Waals surface area (Å²) in [5.41, 5.74) is 1.51. The molecular formula is C23H33NOS. The first kappa shape index (κ1) is 19.7. The van der Waals surface area contributed by atoms with Crippen molar-refractivity contribution in [1.29, 1.82) is 0 Å². The second-order valence-corrected chi connectivity index (χ2v) is 8.39. The van der Waals surface area contributed by atoms with Crippen molar-refractivity contribution in [2.24, 2.45) is 0 Å². The first-order valence-electron chi connectivity index (χ1n) is 10.2. The highest BCUT2D eigenvalue weighted by atomic mass is 32.2. The number of benzene rings is 2. The number of ether oxygens (including phenoxy) is 1. The third-order valence-electron chi connectivity index (χ3n) is 5.60. The van der Waals surface area contributed by atoms with Crippen LogP contribution < -0.4 is 0 Å². The monoisotopic (exact) mass is 371 g/mol. The smallest absolute Gasteiger partial charge is 0.0582 e. The van der Waals surface area contributed by atoms with Crippen molar-refractivity contribution < 1.29 is 4.74 Å². The summed E-state index contributed by atoms with van der Waals surface area (Å²) >= 11 is 2.11. The molecule has 26 heavy (non-hydrogen) atoms. The molecule has 2 aromatic rings. The molecule has 2 unspecified atom stereocenters. The van der Waals surface area contributed by atoms with Crippen LogP contribution in [0.25, 0.3) is 10.8 Å². The first-order chi connectivity index (χ1) is 12.8. The average Bonchev–Trinajstić information content (AvgIpc) is 3.20. The fourth-order valence-electron chi connectivity index (χ4n) is 4.00. The molecule has 1 heterocycles. The zero-order valence-electron chi connectivity index (χ0n) is 16.3. The maximum absolute atomic E-state index is 5.98. The molecule has 2 atom stereocenters. The van der Waals surface area contributed by atoms with Gasteiger partial charge in [-0.1, -0.05) is 56.3 Å². The first-order valence-corrected chi connectivity index (χ1v) is 11.4. The number of thioether (sulfide) groups is 1. The fourth-order valence-corrected chi connectivity index (χ4v) is 5.15. The Hall–Kier alpha value is -1.03. The van der Waals surface area contributed by atoms with Crippen molar-refractivity contribution >= 4 is 22.5 Å². The molecule has 3 rings (SSSR count). The molecule has 0 radical (unpaired) electrons. The van der Waals surface area contributed by atoms with Crippen LogP contribution in [-0.4, -0.2) is 48.8 Å². The van der Waals surface area contributed by atoms with Gasteiger partial charge >= 0.3 is 0 Å². The van der Waals surface area contributed by atoms with Crippen molar-refractivity contribution in [1.82, 2.24) is 4.90 Å². The Morgan fingerprint density at radius 1 is 1.12 bits per heavy atom. The van der Waals surface area contributed by atoms with Crippen molar-refractivity contribution in [2.75, 3.05) is 37.7 Å². The molecular weight excluding hydrogens is 338 g/mol. The van der Waals surface area contributed by atoms with Crippen LogP contribution in [0.5, 0.6) is 0 Å². The number of hydrogen-bond donors (Lipinski definition) is 0. The Bertz CT molecular complexity index is 659. The van der Waals surface area contributed by atoms with Crippen molar-refractivity contribution in [3.05, 3.63) is 48.0 Å². The van der Waals surface area contributed by atoms with Crippen LogP contribution in [-0.2, 0) is 4.74 Å². The lowest BCUT2D eigenvalue weighted by molar-refractivity contribution is 0.0997. The normalized spacial score (nSPS) is 18.7. The van der Waals surface area contributed by atoms with E-state index in [2.05, 4.69) is 73.0 Å². The van der Waals surface area contributed by atoms with Crippen LogP contribution in [0.1, 0.15) is 44.6 Å². The standard InChI is InChI=1S/C23H33NOS/c1-3-24(4-2)14-16-26-18-20(17-21-11-8-15-25-21)23-13-7-10-19-9-5-6-12-22(19)23/h5-7,9-10,12-13,20-21H,3-4,8,11,14-18H2,1-2H3. The second kappa shape index (κ2) is 10.3. The molecule has 3 heteroatoms. The Kier molecular flexibility index (Phi) is 7.85. The van der Waals surface area contributed by atoms with Crippen LogP contribution in [0.3, 0.4) is 0 Å². The quantitative estimate of drug-likeness (QED) is 0.507. The van der Waals surface area contributed by atoms with E-state index in [1.165, 1.54) is 47.2 Å². The van der Waals surface area contributed by atoms with Crippen LogP contribution in [0.4, 0.5) is 0 Å². The molecule has 1 aliphatic heterocycles. The zero-order valence-corrected chi connectivity index (χ0v) is 17.1. The van der Waals surface area contributed by atoms with Gasteiger partial charge in [-0.05, 0) is 54.6 Å². The van der Waals surface area contributed by atoms with Gasteiger partial charge in [-0.15, -0.1) is 0 Å². The summed E-state index contributed by atoms with van der Waals surface area (Å²) in [6.45, 7) is 8.95. The van der Waals surface area contributed by atoms with Crippen molar-refractivity contribution in [3.63, 3.8) is 0 Å². The Labute approximate surface area is 163 Å². The maximum atomic E-state index is 5.98. The van der Waals surface area contributed by atoms with E-state index in [0.29, 0.717) is 12.0 Å². The highest BCUT2D eigenvalue weighted by molar-refractivity contribution is 7.99. The highest BCUT2D eigenvalue weighted by Gasteiger charge is 2.23. The lowest BCUT2D eigenvalue weighted by Gasteiger charge is -2.23. The Morgan fingerprint density at radius 3 is 2.69 bits per heavy atom. The Morgan fingerprint density at radius 2 is 1.92 bits per heavy atom. The molecule has 1 saturated heterocycles. The minimum Gasteiger partial charge on any atom is -0.378 e. The summed E-state index contributed by atoms with van der Waals surface area (Å²) in [5, 5.41) is 2.78. The van der Waals surface area contributed by atoms with Crippen molar-refractivity contribution in [3.8, 4) is 0 Å². The van der Waals surface area contributed by atoms with Crippen LogP contribution in [0, 0.1) is 0 Å². The number of nitrogens with zero attached hydrogens (tertiary/aromatic N) is 1. The van der Waals surface area contributed by atoms with E-state index in [-0.39, 0.29) is 0 Å². The largest absolute Gasteiger partial charge is 0.378 e. The molecule has 0 N–H and O–H groups in total. The van der Waals surface area contributed by atoms with E-state index >= 15 is 0 Å². The summed E-state index contributed by atoms with van der Waals surface area (Å²) in [6.07, 6.45) is 4.06. The topological polar surface area (TPSA) is 12.5 Å². The summed E-state index contributed by atoms with van der Waals surface area (Å²) in [7, 11) is 0. The zero-order chi connectivity index (χ0) is 18.2. The van der Waals surface area contributed by atoms with Gasteiger partial charge in [0, 0.05) is 24.7 Å².